The summed E-state index contributed by atoms with van der Waals surface area (Å²) in [6.07, 6.45) is 10.8. The monoisotopic (exact) mass is 340 g/mol. The van der Waals surface area contributed by atoms with Crippen LogP contribution in [-0.4, -0.2) is 21.0 Å². The average molecular weight is 340 g/mol. The van der Waals surface area contributed by atoms with Gasteiger partial charge < -0.3 is 9.84 Å². The zero-order chi connectivity index (χ0) is 17.3. The van der Waals surface area contributed by atoms with E-state index in [1.54, 1.807) is 19.3 Å². The number of nitrogens with one attached hydrogen (secondary N) is 1. The molecule has 2 aromatic heterocycles. The lowest BCUT2D eigenvalue weighted by molar-refractivity contribution is -0.124. The van der Waals surface area contributed by atoms with Crippen molar-refractivity contribution in [1.82, 2.24) is 20.4 Å². The Hall–Kier alpha value is -2.24. The third kappa shape index (κ3) is 3.30. The van der Waals surface area contributed by atoms with Gasteiger partial charge in [-0.15, -0.1) is 0 Å². The van der Waals surface area contributed by atoms with Crippen LogP contribution in [0.15, 0.2) is 29.0 Å². The number of aryl methyl sites for hydroxylation is 1. The van der Waals surface area contributed by atoms with Crippen LogP contribution in [0.3, 0.4) is 0 Å². The molecule has 2 heterocycles. The third-order valence-corrected chi connectivity index (χ3v) is 5.54. The molecule has 4 rings (SSSR count). The first-order chi connectivity index (χ1) is 12.2. The molecule has 2 fully saturated rings. The molecular formula is C19H24N4O2. The zero-order valence-corrected chi connectivity index (χ0v) is 14.6. The van der Waals surface area contributed by atoms with Crippen molar-refractivity contribution in [3.05, 3.63) is 41.8 Å². The summed E-state index contributed by atoms with van der Waals surface area (Å²) in [6.45, 7) is 1.79. The topological polar surface area (TPSA) is 80.9 Å². The molecule has 0 bridgehead atoms. The van der Waals surface area contributed by atoms with E-state index in [1.165, 1.54) is 18.4 Å². The summed E-state index contributed by atoms with van der Waals surface area (Å²) >= 11 is 0. The minimum Gasteiger partial charge on any atom is -0.343 e. The number of amides is 1. The highest BCUT2D eigenvalue weighted by molar-refractivity contribution is 5.83. The molecule has 0 unspecified atom stereocenters. The first-order valence-electron chi connectivity index (χ1n) is 9.21. The fraction of sp³-hybridized carbons (Fsp3) is 0.579. The van der Waals surface area contributed by atoms with Crippen LogP contribution >= 0.6 is 0 Å². The second-order valence-electron chi connectivity index (χ2n) is 7.35. The number of pyridine rings is 1. The number of hydrogen-bond acceptors (Lipinski definition) is 5. The molecular weight excluding hydrogens is 316 g/mol. The third-order valence-electron chi connectivity index (χ3n) is 5.54. The van der Waals surface area contributed by atoms with Crippen LogP contribution in [0, 0.1) is 12.8 Å². The van der Waals surface area contributed by atoms with Crippen molar-refractivity contribution >= 4 is 5.91 Å². The Morgan fingerprint density at radius 1 is 1.20 bits per heavy atom. The summed E-state index contributed by atoms with van der Waals surface area (Å²) in [7, 11) is 0. The van der Waals surface area contributed by atoms with Crippen LogP contribution in [0.1, 0.15) is 68.1 Å². The number of carbonyl (C=O) groups excluding carboxylic acids is 1. The van der Waals surface area contributed by atoms with Crippen molar-refractivity contribution in [2.24, 2.45) is 5.92 Å². The number of aromatic nitrogens is 3. The van der Waals surface area contributed by atoms with E-state index < -0.39 is 5.54 Å². The summed E-state index contributed by atoms with van der Waals surface area (Å²) in [5.74, 6) is 1.65. The van der Waals surface area contributed by atoms with E-state index in [0.29, 0.717) is 17.6 Å². The molecule has 0 saturated heterocycles. The van der Waals surface area contributed by atoms with Gasteiger partial charge in [0.15, 0.2) is 5.82 Å². The van der Waals surface area contributed by atoms with Gasteiger partial charge in [-0.25, -0.2) is 0 Å². The van der Waals surface area contributed by atoms with Crippen molar-refractivity contribution in [3.8, 4) is 0 Å². The van der Waals surface area contributed by atoms with Crippen LogP contribution < -0.4 is 5.32 Å². The molecule has 0 aliphatic heterocycles. The molecule has 2 saturated carbocycles. The van der Waals surface area contributed by atoms with Gasteiger partial charge in [-0.2, -0.15) is 4.98 Å². The highest BCUT2D eigenvalue weighted by Gasteiger charge is 2.47. The van der Waals surface area contributed by atoms with E-state index in [1.807, 2.05) is 12.1 Å². The number of hydrogen-bond donors (Lipinski definition) is 1. The smallest absolute Gasteiger partial charge is 0.224 e. The molecule has 6 heteroatoms. The van der Waals surface area contributed by atoms with Crippen molar-refractivity contribution in [2.75, 3.05) is 0 Å². The predicted octanol–water partition coefficient (Wildman–Crippen LogP) is 3.24. The molecule has 2 aliphatic rings. The maximum absolute atomic E-state index is 12.9. The molecule has 6 nitrogen and oxygen atoms in total. The normalized spacial score (nSPS) is 25.2. The molecule has 1 amide bonds. The van der Waals surface area contributed by atoms with Gasteiger partial charge >= 0.3 is 0 Å². The highest BCUT2D eigenvalue weighted by Crippen LogP contribution is 2.48. The van der Waals surface area contributed by atoms with Gasteiger partial charge in [0.25, 0.3) is 0 Å². The van der Waals surface area contributed by atoms with Crippen LogP contribution in [0.25, 0.3) is 0 Å². The summed E-state index contributed by atoms with van der Waals surface area (Å²) in [5.41, 5.74) is 0.719. The minimum absolute atomic E-state index is 0.0375. The van der Waals surface area contributed by atoms with E-state index in [-0.39, 0.29) is 11.8 Å². The van der Waals surface area contributed by atoms with E-state index in [9.17, 15) is 4.79 Å². The SMILES string of the molecule is Cc1nc(C2(NC(=O)[C@@H]3C[C@H]3c3ccncc3)CCCCCC2)no1. The Morgan fingerprint density at radius 2 is 1.92 bits per heavy atom. The molecule has 1 N–H and O–H groups in total. The Balaban J connectivity index is 1.52. The van der Waals surface area contributed by atoms with Crippen molar-refractivity contribution < 1.29 is 9.32 Å². The van der Waals surface area contributed by atoms with Gasteiger partial charge in [-0.1, -0.05) is 30.8 Å². The number of nitrogens with zero attached hydrogens (tertiary/aromatic N) is 3. The standard InChI is InChI=1S/C19H24N4O2/c1-13-21-18(23-25-13)19(8-4-2-3-5-9-19)22-17(24)16-12-15(16)14-6-10-20-11-7-14/h6-7,10-11,15-16H,2-5,8-9,12H2,1H3,(H,22,24)/t15-,16+/m0/s1. The summed E-state index contributed by atoms with van der Waals surface area (Å²) < 4.78 is 5.21. The molecule has 2 aromatic rings. The number of rotatable bonds is 4. The summed E-state index contributed by atoms with van der Waals surface area (Å²) in [5, 5.41) is 7.48. The Kier molecular flexibility index (Phi) is 4.27. The Morgan fingerprint density at radius 3 is 2.56 bits per heavy atom. The molecule has 0 spiro atoms. The summed E-state index contributed by atoms with van der Waals surface area (Å²) in [4.78, 5) is 21.5. The predicted molar refractivity (Wildman–Crippen MR) is 91.6 cm³/mol. The molecule has 2 atom stereocenters. The number of carbonyl (C=O) groups is 1. The van der Waals surface area contributed by atoms with Crippen molar-refractivity contribution in [3.63, 3.8) is 0 Å². The van der Waals surface area contributed by atoms with Crippen molar-refractivity contribution in [2.45, 2.75) is 63.3 Å². The molecule has 2 aliphatic carbocycles. The zero-order valence-electron chi connectivity index (χ0n) is 14.6. The molecule has 132 valence electrons. The fourth-order valence-electron chi connectivity index (χ4n) is 4.02. The Bertz CT molecular complexity index is 735. The second kappa shape index (κ2) is 6.58. The van der Waals surface area contributed by atoms with E-state index in [4.69, 9.17) is 4.52 Å². The average Bonchev–Trinajstić information content (AvgIpc) is 3.36. The lowest BCUT2D eigenvalue weighted by atomic mass is 9.88. The van der Waals surface area contributed by atoms with Gasteiger partial charge in [0.05, 0.1) is 0 Å². The summed E-state index contributed by atoms with van der Waals surface area (Å²) in [6, 6.07) is 4.00. The molecule has 0 aromatic carbocycles. The van der Waals surface area contributed by atoms with E-state index in [2.05, 4.69) is 20.4 Å². The minimum atomic E-state index is -0.475. The van der Waals surface area contributed by atoms with Gasteiger partial charge in [0.2, 0.25) is 11.8 Å². The molecule has 0 radical (unpaired) electrons. The van der Waals surface area contributed by atoms with Gasteiger partial charge in [-0.05, 0) is 42.9 Å². The first-order valence-corrected chi connectivity index (χ1v) is 9.21. The lowest BCUT2D eigenvalue weighted by Gasteiger charge is -2.31. The molecule has 25 heavy (non-hydrogen) atoms. The first kappa shape index (κ1) is 16.2. The second-order valence-corrected chi connectivity index (χ2v) is 7.35. The van der Waals surface area contributed by atoms with Crippen LogP contribution in [0.5, 0.6) is 0 Å². The lowest BCUT2D eigenvalue weighted by Crippen LogP contribution is -2.47. The quantitative estimate of drug-likeness (QED) is 0.864. The van der Waals surface area contributed by atoms with Crippen LogP contribution in [-0.2, 0) is 10.3 Å². The van der Waals surface area contributed by atoms with Crippen LogP contribution in [0.4, 0.5) is 0 Å². The van der Waals surface area contributed by atoms with Gasteiger partial charge in [0.1, 0.15) is 5.54 Å². The highest BCUT2D eigenvalue weighted by atomic mass is 16.5. The fourth-order valence-corrected chi connectivity index (χ4v) is 4.02. The van der Waals surface area contributed by atoms with Crippen LogP contribution in [0.2, 0.25) is 0 Å². The maximum Gasteiger partial charge on any atom is 0.224 e. The van der Waals surface area contributed by atoms with E-state index in [0.717, 1.165) is 32.1 Å². The Labute approximate surface area is 147 Å². The van der Waals surface area contributed by atoms with E-state index >= 15 is 0 Å². The van der Waals surface area contributed by atoms with Gasteiger partial charge in [0, 0.05) is 25.2 Å². The largest absolute Gasteiger partial charge is 0.343 e. The van der Waals surface area contributed by atoms with Crippen molar-refractivity contribution in [1.29, 1.82) is 0 Å². The van der Waals surface area contributed by atoms with Gasteiger partial charge in [-0.3, -0.25) is 9.78 Å². The maximum atomic E-state index is 12.9.